The van der Waals surface area contributed by atoms with Crippen molar-refractivity contribution in [3.63, 3.8) is 0 Å². The molecule has 1 aliphatic carbocycles. The zero-order valence-electron chi connectivity index (χ0n) is 10.0. The summed E-state index contributed by atoms with van der Waals surface area (Å²) in [4.78, 5) is 24.9. The van der Waals surface area contributed by atoms with Crippen LogP contribution in [0.25, 0.3) is 0 Å². The predicted octanol–water partition coefficient (Wildman–Crippen LogP) is 0.0466. The number of hydrogen-bond donors (Lipinski definition) is 2. The van der Waals surface area contributed by atoms with Gasteiger partial charge in [-0.3, -0.25) is 9.80 Å². The lowest BCUT2D eigenvalue weighted by Gasteiger charge is -2.32. The Morgan fingerprint density at radius 2 is 2.00 bits per heavy atom. The van der Waals surface area contributed by atoms with Gasteiger partial charge in [0.2, 0.25) is 5.91 Å². The minimum absolute atomic E-state index is 0.0689. The SMILES string of the molecule is NN1CCCN(CC(=O)NC2CCCC2)C1=O. The number of nitrogens with zero attached hydrogens (tertiary/aromatic N) is 2. The van der Waals surface area contributed by atoms with E-state index in [9.17, 15) is 9.59 Å². The molecule has 1 saturated heterocycles. The van der Waals surface area contributed by atoms with Crippen molar-refractivity contribution in [2.45, 2.75) is 38.1 Å². The van der Waals surface area contributed by atoms with Gasteiger partial charge in [-0.1, -0.05) is 12.8 Å². The molecular formula is C11H20N4O2. The smallest absolute Gasteiger partial charge is 0.334 e. The van der Waals surface area contributed by atoms with E-state index < -0.39 is 0 Å². The molecule has 0 atom stereocenters. The number of nitrogens with one attached hydrogen (secondary N) is 1. The molecule has 0 spiro atoms. The highest BCUT2D eigenvalue weighted by molar-refractivity contribution is 5.84. The van der Waals surface area contributed by atoms with Gasteiger partial charge in [0.1, 0.15) is 6.54 Å². The molecule has 2 rings (SSSR count). The Bertz CT molecular complexity index is 302. The molecule has 3 amide bonds. The molecule has 2 aliphatic rings. The summed E-state index contributed by atoms with van der Waals surface area (Å²) in [6.45, 7) is 1.31. The number of amides is 3. The van der Waals surface area contributed by atoms with E-state index in [4.69, 9.17) is 5.84 Å². The van der Waals surface area contributed by atoms with E-state index in [1.165, 1.54) is 22.8 Å². The van der Waals surface area contributed by atoms with Crippen molar-refractivity contribution in [3.05, 3.63) is 0 Å². The van der Waals surface area contributed by atoms with Gasteiger partial charge in [-0.05, 0) is 19.3 Å². The van der Waals surface area contributed by atoms with E-state index in [2.05, 4.69) is 5.32 Å². The fraction of sp³-hybridized carbons (Fsp3) is 0.818. The van der Waals surface area contributed by atoms with Crippen LogP contribution in [0.15, 0.2) is 0 Å². The molecule has 0 radical (unpaired) electrons. The van der Waals surface area contributed by atoms with Gasteiger partial charge in [0.05, 0.1) is 0 Å². The molecule has 1 aliphatic heterocycles. The van der Waals surface area contributed by atoms with Gasteiger partial charge in [-0.15, -0.1) is 0 Å². The van der Waals surface area contributed by atoms with Crippen LogP contribution in [0.1, 0.15) is 32.1 Å². The highest BCUT2D eigenvalue weighted by Gasteiger charge is 2.26. The van der Waals surface area contributed by atoms with Crippen LogP contribution in [0.3, 0.4) is 0 Å². The molecule has 0 bridgehead atoms. The average Bonchev–Trinajstić information content (AvgIpc) is 2.77. The monoisotopic (exact) mass is 240 g/mol. The lowest BCUT2D eigenvalue weighted by molar-refractivity contribution is -0.122. The lowest BCUT2D eigenvalue weighted by Crippen LogP contribution is -2.55. The van der Waals surface area contributed by atoms with E-state index in [0.29, 0.717) is 19.1 Å². The van der Waals surface area contributed by atoms with Gasteiger partial charge in [0, 0.05) is 19.1 Å². The van der Waals surface area contributed by atoms with E-state index in [1.807, 2.05) is 0 Å². The first kappa shape index (κ1) is 12.2. The summed E-state index contributed by atoms with van der Waals surface area (Å²) >= 11 is 0. The topological polar surface area (TPSA) is 78.7 Å². The van der Waals surface area contributed by atoms with Crippen LogP contribution < -0.4 is 11.2 Å². The molecule has 1 heterocycles. The van der Waals surface area contributed by atoms with Gasteiger partial charge in [0.15, 0.2) is 0 Å². The van der Waals surface area contributed by atoms with Crippen molar-refractivity contribution in [2.24, 2.45) is 5.84 Å². The normalized spacial score (nSPS) is 22.1. The van der Waals surface area contributed by atoms with Gasteiger partial charge >= 0.3 is 6.03 Å². The van der Waals surface area contributed by atoms with E-state index >= 15 is 0 Å². The average molecular weight is 240 g/mol. The number of nitrogens with two attached hydrogens (primary N) is 1. The van der Waals surface area contributed by atoms with Crippen molar-refractivity contribution in [1.82, 2.24) is 15.2 Å². The molecule has 2 fully saturated rings. The molecule has 0 aromatic carbocycles. The summed E-state index contributed by atoms with van der Waals surface area (Å²) in [6.07, 6.45) is 5.30. The Morgan fingerprint density at radius 3 is 2.71 bits per heavy atom. The summed E-state index contributed by atoms with van der Waals surface area (Å²) in [5.74, 6) is 5.45. The maximum absolute atomic E-state index is 11.8. The van der Waals surface area contributed by atoms with Crippen molar-refractivity contribution in [3.8, 4) is 0 Å². The zero-order valence-corrected chi connectivity index (χ0v) is 10.0. The van der Waals surface area contributed by atoms with Crippen LogP contribution in [0, 0.1) is 0 Å². The molecule has 1 saturated carbocycles. The number of urea groups is 1. The minimum Gasteiger partial charge on any atom is -0.352 e. The maximum Gasteiger partial charge on any atom is 0.334 e. The number of hydrogen-bond acceptors (Lipinski definition) is 3. The first-order valence-corrected chi connectivity index (χ1v) is 6.27. The fourth-order valence-corrected chi connectivity index (χ4v) is 2.47. The van der Waals surface area contributed by atoms with Gasteiger partial charge in [-0.2, -0.15) is 0 Å². The first-order chi connectivity index (χ1) is 8.16. The van der Waals surface area contributed by atoms with Gasteiger partial charge in [0.25, 0.3) is 0 Å². The Balaban J connectivity index is 1.79. The second kappa shape index (κ2) is 5.35. The second-order valence-corrected chi connectivity index (χ2v) is 4.80. The van der Waals surface area contributed by atoms with Crippen LogP contribution in [0.5, 0.6) is 0 Å². The van der Waals surface area contributed by atoms with Crippen LogP contribution in [-0.2, 0) is 4.79 Å². The van der Waals surface area contributed by atoms with Gasteiger partial charge < -0.3 is 10.2 Å². The summed E-state index contributed by atoms with van der Waals surface area (Å²) in [5, 5.41) is 4.14. The van der Waals surface area contributed by atoms with Crippen LogP contribution in [0.4, 0.5) is 4.79 Å². The highest BCUT2D eigenvalue weighted by Crippen LogP contribution is 2.17. The molecule has 0 aromatic rings. The van der Waals surface area contributed by atoms with Crippen LogP contribution >= 0.6 is 0 Å². The summed E-state index contributed by atoms with van der Waals surface area (Å²) in [6, 6.07) is 0.0502. The fourth-order valence-electron chi connectivity index (χ4n) is 2.47. The summed E-state index contributed by atoms with van der Waals surface area (Å²) < 4.78 is 0. The summed E-state index contributed by atoms with van der Waals surface area (Å²) in [7, 11) is 0. The Hall–Kier alpha value is -1.30. The lowest BCUT2D eigenvalue weighted by atomic mass is 10.2. The van der Waals surface area contributed by atoms with Crippen molar-refractivity contribution >= 4 is 11.9 Å². The third-order valence-corrected chi connectivity index (χ3v) is 3.40. The van der Waals surface area contributed by atoms with E-state index in [-0.39, 0.29) is 18.5 Å². The van der Waals surface area contributed by atoms with Crippen LogP contribution in [-0.4, -0.2) is 47.5 Å². The van der Waals surface area contributed by atoms with Crippen molar-refractivity contribution in [1.29, 1.82) is 0 Å². The molecule has 96 valence electrons. The second-order valence-electron chi connectivity index (χ2n) is 4.80. The van der Waals surface area contributed by atoms with Crippen molar-refractivity contribution in [2.75, 3.05) is 19.6 Å². The van der Waals surface area contributed by atoms with Gasteiger partial charge in [-0.25, -0.2) is 10.6 Å². The summed E-state index contributed by atoms with van der Waals surface area (Å²) in [5.41, 5.74) is 0. The predicted molar refractivity (Wildman–Crippen MR) is 62.9 cm³/mol. The largest absolute Gasteiger partial charge is 0.352 e. The first-order valence-electron chi connectivity index (χ1n) is 6.27. The highest BCUT2D eigenvalue weighted by atomic mass is 16.2. The molecule has 3 N–H and O–H groups in total. The number of carbonyl (C=O) groups is 2. The quantitative estimate of drug-likeness (QED) is 0.540. The molecule has 6 nitrogen and oxygen atoms in total. The Morgan fingerprint density at radius 1 is 1.29 bits per heavy atom. The zero-order chi connectivity index (χ0) is 12.3. The number of rotatable bonds is 3. The maximum atomic E-state index is 11.8. The Kier molecular flexibility index (Phi) is 3.83. The third-order valence-electron chi connectivity index (χ3n) is 3.40. The molecule has 6 heteroatoms. The van der Waals surface area contributed by atoms with E-state index in [0.717, 1.165) is 19.3 Å². The Labute approximate surface area is 101 Å². The third kappa shape index (κ3) is 3.09. The molecular weight excluding hydrogens is 220 g/mol. The number of hydrazine groups is 1. The molecule has 0 aromatic heterocycles. The van der Waals surface area contributed by atoms with Crippen molar-refractivity contribution < 1.29 is 9.59 Å². The molecule has 17 heavy (non-hydrogen) atoms. The van der Waals surface area contributed by atoms with Crippen LogP contribution in [0.2, 0.25) is 0 Å². The number of carbonyl (C=O) groups excluding carboxylic acids is 2. The van der Waals surface area contributed by atoms with E-state index in [1.54, 1.807) is 0 Å². The molecule has 0 unspecified atom stereocenters. The standard InChI is InChI=1S/C11H20N4O2/c12-15-7-3-6-14(11(15)17)8-10(16)13-9-4-1-2-5-9/h9H,1-8,12H2,(H,13,16). The minimum atomic E-state index is -0.252.